The third kappa shape index (κ3) is 2.22. The van der Waals surface area contributed by atoms with Crippen molar-refractivity contribution in [3.05, 3.63) is 30.6 Å². The van der Waals surface area contributed by atoms with Gasteiger partial charge in [-0.3, -0.25) is 4.98 Å². The molecule has 0 saturated heterocycles. The normalized spacial score (nSPS) is 10.2. The van der Waals surface area contributed by atoms with Crippen LogP contribution in [0, 0.1) is 0 Å². The molecule has 0 aliphatic heterocycles. The lowest BCUT2D eigenvalue weighted by molar-refractivity contribution is 0.812. The summed E-state index contributed by atoms with van der Waals surface area (Å²) in [5.41, 5.74) is 7.11. The van der Waals surface area contributed by atoms with Gasteiger partial charge >= 0.3 is 0 Å². The predicted octanol–water partition coefficient (Wildman–Crippen LogP) is 0.404. The molecule has 0 amide bonds. The second-order valence-corrected chi connectivity index (χ2v) is 3.22. The molecule has 0 aromatic carbocycles. The summed E-state index contributed by atoms with van der Waals surface area (Å²) >= 11 is 0. The maximum atomic E-state index is 5.60. The van der Waals surface area contributed by atoms with Crippen LogP contribution in [0.3, 0.4) is 0 Å². The molecule has 0 aliphatic carbocycles. The quantitative estimate of drug-likeness (QED) is 0.756. The van der Waals surface area contributed by atoms with E-state index in [1.54, 1.807) is 18.7 Å². The van der Waals surface area contributed by atoms with Crippen LogP contribution < -0.4 is 11.1 Å². The van der Waals surface area contributed by atoms with Gasteiger partial charge in [-0.25, -0.2) is 0 Å². The molecule has 0 aliphatic rings. The molecule has 15 heavy (non-hydrogen) atoms. The number of aromatic nitrogens is 4. The molecular weight excluding hydrogens is 192 g/mol. The molecule has 2 rings (SSSR count). The first-order valence-corrected chi connectivity index (χ1v) is 4.53. The minimum absolute atomic E-state index is 0.599. The Balaban J connectivity index is 2.02. The largest absolute Gasteiger partial charge is 0.397 e. The molecule has 0 unspecified atom stereocenters. The first-order chi connectivity index (χ1) is 7.25. The van der Waals surface area contributed by atoms with Gasteiger partial charge in [0.2, 0.25) is 0 Å². The number of anilines is 2. The molecule has 0 bridgehead atoms. The topological polar surface area (TPSA) is 81.7 Å². The number of nitrogens with zero attached hydrogens (tertiary/aromatic N) is 4. The summed E-state index contributed by atoms with van der Waals surface area (Å²) in [6.07, 6.45) is 4.98. The van der Waals surface area contributed by atoms with Gasteiger partial charge in [0, 0.05) is 13.2 Å². The molecule has 0 fully saturated rings. The number of hydrogen-bond donors (Lipinski definition) is 2. The molecule has 0 spiro atoms. The lowest BCUT2D eigenvalue weighted by Crippen LogP contribution is -2.06. The number of nitrogens with one attached hydrogen (secondary N) is 1. The Kier molecular flexibility index (Phi) is 2.49. The second kappa shape index (κ2) is 3.95. The van der Waals surface area contributed by atoms with Crippen molar-refractivity contribution >= 4 is 11.4 Å². The van der Waals surface area contributed by atoms with Crippen molar-refractivity contribution in [1.82, 2.24) is 19.7 Å². The van der Waals surface area contributed by atoms with Gasteiger partial charge in [-0.05, 0) is 6.07 Å². The van der Waals surface area contributed by atoms with Crippen molar-refractivity contribution in [3.8, 4) is 0 Å². The van der Waals surface area contributed by atoms with E-state index in [2.05, 4.69) is 20.5 Å². The fourth-order valence-corrected chi connectivity index (χ4v) is 1.20. The van der Waals surface area contributed by atoms with E-state index in [-0.39, 0.29) is 0 Å². The zero-order valence-corrected chi connectivity index (χ0v) is 8.38. The van der Waals surface area contributed by atoms with Crippen molar-refractivity contribution in [2.45, 2.75) is 6.54 Å². The number of aryl methyl sites for hydroxylation is 1. The van der Waals surface area contributed by atoms with E-state index >= 15 is 0 Å². The maximum Gasteiger partial charge on any atom is 0.151 e. The maximum absolute atomic E-state index is 5.60. The van der Waals surface area contributed by atoms with Crippen LogP contribution in [0.1, 0.15) is 5.82 Å². The zero-order chi connectivity index (χ0) is 10.7. The lowest BCUT2D eigenvalue weighted by atomic mass is 10.4. The Morgan fingerprint density at radius 2 is 2.33 bits per heavy atom. The fourth-order valence-electron chi connectivity index (χ4n) is 1.20. The summed E-state index contributed by atoms with van der Waals surface area (Å²) in [4.78, 5) is 3.98. The summed E-state index contributed by atoms with van der Waals surface area (Å²) in [6, 6.07) is 1.82. The van der Waals surface area contributed by atoms with Crippen molar-refractivity contribution in [2.24, 2.45) is 7.05 Å². The number of pyridine rings is 1. The highest BCUT2D eigenvalue weighted by Crippen LogP contribution is 2.10. The Hall–Kier alpha value is -2.11. The van der Waals surface area contributed by atoms with Crippen molar-refractivity contribution < 1.29 is 0 Å². The molecule has 78 valence electrons. The van der Waals surface area contributed by atoms with Gasteiger partial charge in [-0.15, -0.1) is 10.2 Å². The lowest BCUT2D eigenvalue weighted by Gasteiger charge is -2.05. The number of nitrogens with two attached hydrogens (primary N) is 1. The average molecular weight is 204 g/mol. The third-order valence-corrected chi connectivity index (χ3v) is 2.02. The molecule has 2 aromatic rings. The monoisotopic (exact) mass is 204 g/mol. The molecular formula is C9H12N6. The molecule has 0 radical (unpaired) electrons. The molecule has 2 heterocycles. The van der Waals surface area contributed by atoms with Gasteiger partial charge in [-0.1, -0.05) is 0 Å². The number of hydrogen-bond acceptors (Lipinski definition) is 5. The third-order valence-electron chi connectivity index (χ3n) is 2.02. The van der Waals surface area contributed by atoms with Crippen molar-refractivity contribution in [1.29, 1.82) is 0 Å². The van der Waals surface area contributed by atoms with Gasteiger partial charge in [0.15, 0.2) is 5.82 Å². The summed E-state index contributed by atoms with van der Waals surface area (Å²) in [5.74, 6) is 0.859. The van der Waals surface area contributed by atoms with Crippen LogP contribution in [0.15, 0.2) is 24.8 Å². The van der Waals surface area contributed by atoms with E-state index in [9.17, 15) is 0 Å². The fraction of sp³-hybridized carbons (Fsp3) is 0.222. The van der Waals surface area contributed by atoms with Crippen molar-refractivity contribution in [3.63, 3.8) is 0 Å². The molecule has 6 heteroatoms. The summed E-state index contributed by atoms with van der Waals surface area (Å²) in [7, 11) is 1.90. The molecule has 0 atom stereocenters. The van der Waals surface area contributed by atoms with Gasteiger partial charge < -0.3 is 15.6 Å². The Labute approximate surface area is 87.2 Å². The van der Waals surface area contributed by atoms with E-state index in [4.69, 9.17) is 5.73 Å². The van der Waals surface area contributed by atoms with Crippen LogP contribution in [0.4, 0.5) is 11.4 Å². The molecule has 0 saturated carbocycles. The van der Waals surface area contributed by atoms with Gasteiger partial charge in [0.1, 0.15) is 6.33 Å². The van der Waals surface area contributed by atoms with Crippen LogP contribution in [-0.2, 0) is 13.6 Å². The molecule has 2 aromatic heterocycles. The summed E-state index contributed by atoms with van der Waals surface area (Å²) in [6.45, 7) is 0.599. The first-order valence-electron chi connectivity index (χ1n) is 4.53. The Bertz CT molecular complexity index is 449. The summed E-state index contributed by atoms with van der Waals surface area (Å²) in [5, 5.41) is 10.9. The smallest absolute Gasteiger partial charge is 0.151 e. The van der Waals surface area contributed by atoms with E-state index in [1.807, 2.05) is 17.7 Å². The average Bonchev–Trinajstić information content (AvgIpc) is 2.61. The highest BCUT2D eigenvalue weighted by atomic mass is 15.3. The zero-order valence-electron chi connectivity index (χ0n) is 8.38. The van der Waals surface area contributed by atoms with Gasteiger partial charge in [0.25, 0.3) is 0 Å². The minimum Gasteiger partial charge on any atom is -0.397 e. The van der Waals surface area contributed by atoms with Gasteiger partial charge in [0.05, 0.1) is 24.1 Å². The van der Waals surface area contributed by atoms with E-state index < -0.39 is 0 Å². The second-order valence-electron chi connectivity index (χ2n) is 3.22. The van der Waals surface area contributed by atoms with Crippen LogP contribution in [-0.4, -0.2) is 19.7 Å². The highest BCUT2D eigenvalue weighted by Gasteiger charge is 2.00. The van der Waals surface area contributed by atoms with Crippen LogP contribution in [0.5, 0.6) is 0 Å². The van der Waals surface area contributed by atoms with Crippen LogP contribution >= 0.6 is 0 Å². The highest BCUT2D eigenvalue weighted by molar-refractivity contribution is 5.51. The Morgan fingerprint density at radius 1 is 1.47 bits per heavy atom. The number of rotatable bonds is 3. The standard InChI is InChI=1S/C9H12N6/c1-15-6-13-14-9(15)5-12-8-2-7(10)3-11-4-8/h2-4,6,12H,5,10H2,1H3. The summed E-state index contributed by atoms with van der Waals surface area (Å²) < 4.78 is 1.85. The van der Waals surface area contributed by atoms with Crippen molar-refractivity contribution in [2.75, 3.05) is 11.1 Å². The Morgan fingerprint density at radius 3 is 3.00 bits per heavy atom. The van der Waals surface area contributed by atoms with E-state index in [0.29, 0.717) is 12.2 Å². The molecule has 3 N–H and O–H groups in total. The van der Waals surface area contributed by atoms with Gasteiger partial charge in [-0.2, -0.15) is 0 Å². The van der Waals surface area contributed by atoms with Crippen LogP contribution in [0.2, 0.25) is 0 Å². The predicted molar refractivity (Wildman–Crippen MR) is 57.0 cm³/mol. The number of nitrogen functional groups attached to an aromatic ring is 1. The van der Waals surface area contributed by atoms with E-state index in [1.165, 1.54) is 0 Å². The van der Waals surface area contributed by atoms with Crippen LogP contribution in [0.25, 0.3) is 0 Å². The van der Waals surface area contributed by atoms with E-state index in [0.717, 1.165) is 11.5 Å². The first kappa shape index (κ1) is 9.45. The minimum atomic E-state index is 0.599. The molecule has 6 nitrogen and oxygen atoms in total. The SMILES string of the molecule is Cn1cnnc1CNc1cncc(N)c1.